The van der Waals surface area contributed by atoms with Crippen molar-refractivity contribution in [1.29, 1.82) is 0 Å². The number of carbonyl (C=O) groups is 1. The highest BCUT2D eigenvalue weighted by Crippen LogP contribution is 2.17. The Balaban J connectivity index is 1.33. The van der Waals surface area contributed by atoms with E-state index in [4.69, 9.17) is 4.52 Å². The van der Waals surface area contributed by atoms with Crippen LogP contribution < -0.4 is 5.56 Å². The number of piperazine rings is 1. The summed E-state index contributed by atoms with van der Waals surface area (Å²) in [6, 6.07) is 10.7. The van der Waals surface area contributed by atoms with Crippen molar-refractivity contribution < 1.29 is 9.32 Å². The number of aromatic amines is 1. The highest BCUT2D eigenvalue weighted by molar-refractivity contribution is 5.92. The van der Waals surface area contributed by atoms with Crippen LogP contribution in [-0.4, -0.2) is 62.2 Å². The number of aryl methyl sites for hydroxylation is 1. The monoisotopic (exact) mass is 380 g/mol. The summed E-state index contributed by atoms with van der Waals surface area (Å²) in [5.74, 6) is 0.945. The molecule has 1 amide bonds. The first kappa shape index (κ1) is 18.1. The van der Waals surface area contributed by atoms with E-state index in [1.165, 1.54) is 17.7 Å². The molecule has 0 spiro atoms. The van der Waals surface area contributed by atoms with Gasteiger partial charge in [0.15, 0.2) is 0 Å². The summed E-state index contributed by atoms with van der Waals surface area (Å²) in [6.07, 6.45) is 0. The van der Waals surface area contributed by atoms with Gasteiger partial charge in [-0.05, 0) is 13.0 Å². The molecule has 0 bridgehead atoms. The number of rotatable bonds is 4. The molecule has 9 nitrogen and oxygen atoms in total. The molecule has 1 saturated heterocycles. The number of hydrogen-bond donors (Lipinski definition) is 1. The third kappa shape index (κ3) is 3.99. The zero-order valence-electron chi connectivity index (χ0n) is 15.5. The second-order valence-corrected chi connectivity index (χ2v) is 6.75. The van der Waals surface area contributed by atoms with E-state index in [0.717, 1.165) is 5.56 Å². The van der Waals surface area contributed by atoms with Gasteiger partial charge in [0, 0.05) is 37.8 Å². The standard InChI is InChI=1S/C19H20N6O3/c1-13-2-4-14(5-3-13)18-20-17(28-23-18)12-24-8-10-25(11-9-24)19(27)15-6-7-16(26)22-21-15/h2-7H,8-12H2,1H3,(H,22,26). The fraction of sp³-hybridized carbons (Fsp3) is 0.316. The molecule has 0 atom stereocenters. The van der Waals surface area contributed by atoms with Crippen molar-refractivity contribution >= 4 is 5.91 Å². The first-order chi connectivity index (χ1) is 13.6. The normalized spacial score (nSPS) is 15.0. The Morgan fingerprint density at radius 1 is 1.11 bits per heavy atom. The van der Waals surface area contributed by atoms with Crippen LogP contribution >= 0.6 is 0 Å². The molecule has 1 aliphatic heterocycles. The van der Waals surface area contributed by atoms with Gasteiger partial charge in [-0.1, -0.05) is 35.0 Å². The quantitative estimate of drug-likeness (QED) is 0.722. The van der Waals surface area contributed by atoms with E-state index < -0.39 is 0 Å². The van der Waals surface area contributed by atoms with Gasteiger partial charge in [0.1, 0.15) is 5.69 Å². The number of nitrogens with one attached hydrogen (secondary N) is 1. The van der Waals surface area contributed by atoms with E-state index in [-0.39, 0.29) is 17.2 Å². The number of nitrogens with zero attached hydrogens (tertiary/aromatic N) is 5. The van der Waals surface area contributed by atoms with Crippen LogP contribution in [0.5, 0.6) is 0 Å². The highest BCUT2D eigenvalue weighted by Gasteiger charge is 2.24. The smallest absolute Gasteiger partial charge is 0.274 e. The number of H-pyrrole nitrogens is 1. The average molecular weight is 380 g/mol. The number of hydrogen-bond acceptors (Lipinski definition) is 7. The average Bonchev–Trinajstić information content (AvgIpc) is 3.18. The van der Waals surface area contributed by atoms with Gasteiger partial charge in [0.05, 0.1) is 6.54 Å². The molecule has 4 rings (SSSR count). The fourth-order valence-corrected chi connectivity index (χ4v) is 3.06. The lowest BCUT2D eigenvalue weighted by Gasteiger charge is -2.33. The minimum atomic E-state index is -0.328. The zero-order valence-corrected chi connectivity index (χ0v) is 15.5. The predicted octanol–water partition coefficient (Wildman–Crippen LogP) is 1.09. The molecule has 1 fully saturated rings. The van der Waals surface area contributed by atoms with E-state index >= 15 is 0 Å². The molecule has 3 heterocycles. The topological polar surface area (TPSA) is 108 Å². The Bertz CT molecular complexity index is 998. The van der Waals surface area contributed by atoms with Gasteiger partial charge < -0.3 is 9.42 Å². The van der Waals surface area contributed by atoms with Crippen molar-refractivity contribution in [1.82, 2.24) is 30.1 Å². The lowest BCUT2D eigenvalue weighted by molar-refractivity contribution is 0.0608. The Hall–Kier alpha value is -3.33. The van der Waals surface area contributed by atoms with Crippen molar-refractivity contribution in [2.75, 3.05) is 26.2 Å². The molecule has 1 aliphatic rings. The van der Waals surface area contributed by atoms with Crippen molar-refractivity contribution in [2.24, 2.45) is 0 Å². The Morgan fingerprint density at radius 3 is 2.54 bits per heavy atom. The van der Waals surface area contributed by atoms with E-state index in [2.05, 4.69) is 25.2 Å². The summed E-state index contributed by atoms with van der Waals surface area (Å²) in [5, 5.41) is 10.1. The number of carbonyl (C=O) groups excluding carboxylic acids is 1. The van der Waals surface area contributed by atoms with Gasteiger partial charge in [-0.2, -0.15) is 10.1 Å². The maximum absolute atomic E-state index is 12.4. The molecule has 2 aromatic heterocycles. The van der Waals surface area contributed by atoms with Crippen LogP contribution in [0.3, 0.4) is 0 Å². The summed E-state index contributed by atoms with van der Waals surface area (Å²) in [4.78, 5) is 31.9. The predicted molar refractivity (Wildman–Crippen MR) is 101 cm³/mol. The molecule has 0 aliphatic carbocycles. The van der Waals surface area contributed by atoms with Gasteiger partial charge in [-0.15, -0.1) is 0 Å². The molecule has 144 valence electrons. The van der Waals surface area contributed by atoms with E-state index in [0.29, 0.717) is 44.4 Å². The largest absolute Gasteiger partial charge is 0.338 e. The third-order valence-electron chi connectivity index (χ3n) is 4.69. The maximum Gasteiger partial charge on any atom is 0.274 e. The van der Waals surface area contributed by atoms with E-state index in [1.54, 1.807) is 4.90 Å². The van der Waals surface area contributed by atoms with Crippen molar-refractivity contribution in [3.8, 4) is 11.4 Å². The van der Waals surface area contributed by atoms with E-state index in [1.807, 2.05) is 31.2 Å². The van der Waals surface area contributed by atoms with Crippen LogP contribution in [0.1, 0.15) is 21.9 Å². The van der Waals surface area contributed by atoms with Gasteiger partial charge >= 0.3 is 0 Å². The summed E-state index contributed by atoms with van der Waals surface area (Å²) in [7, 11) is 0. The number of benzene rings is 1. The Labute approximate surface area is 161 Å². The summed E-state index contributed by atoms with van der Waals surface area (Å²) in [6.45, 7) is 5.09. The highest BCUT2D eigenvalue weighted by atomic mass is 16.5. The SMILES string of the molecule is Cc1ccc(-c2noc(CN3CCN(C(=O)c4ccc(=O)[nH]n4)CC3)n2)cc1. The minimum Gasteiger partial charge on any atom is -0.338 e. The molecule has 28 heavy (non-hydrogen) atoms. The fourth-order valence-electron chi connectivity index (χ4n) is 3.06. The third-order valence-corrected chi connectivity index (χ3v) is 4.69. The molecule has 0 radical (unpaired) electrons. The molecule has 0 saturated carbocycles. The number of amides is 1. The molecule has 1 aromatic carbocycles. The van der Waals surface area contributed by atoms with E-state index in [9.17, 15) is 9.59 Å². The minimum absolute atomic E-state index is 0.185. The van der Waals surface area contributed by atoms with Crippen molar-refractivity contribution in [3.05, 3.63) is 63.9 Å². The van der Waals surface area contributed by atoms with Crippen LogP contribution in [0.15, 0.2) is 45.7 Å². The van der Waals surface area contributed by atoms with Crippen LogP contribution in [0.2, 0.25) is 0 Å². The Kier molecular flexibility index (Phi) is 4.98. The van der Waals surface area contributed by atoms with Gasteiger partial charge in [-0.25, -0.2) is 5.10 Å². The number of aromatic nitrogens is 4. The van der Waals surface area contributed by atoms with Crippen LogP contribution in [0.25, 0.3) is 11.4 Å². The maximum atomic E-state index is 12.4. The molecule has 0 unspecified atom stereocenters. The van der Waals surface area contributed by atoms with Crippen LogP contribution in [-0.2, 0) is 6.54 Å². The van der Waals surface area contributed by atoms with Crippen LogP contribution in [0.4, 0.5) is 0 Å². The lowest BCUT2D eigenvalue weighted by Crippen LogP contribution is -2.48. The molecule has 3 aromatic rings. The zero-order chi connectivity index (χ0) is 19.5. The first-order valence-corrected chi connectivity index (χ1v) is 9.05. The summed E-state index contributed by atoms with van der Waals surface area (Å²) >= 11 is 0. The van der Waals surface area contributed by atoms with Gasteiger partial charge in [-0.3, -0.25) is 14.5 Å². The first-order valence-electron chi connectivity index (χ1n) is 9.05. The molecule has 1 N–H and O–H groups in total. The second-order valence-electron chi connectivity index (χ2n) is 6.75. The van der Waals surface area contributed by atoms with Gasteiger partial charge in [0.25, 0.3) is 11.5 Å². The summed E-state index contributed by atoms with van der Waals surface area (Å²) in [5.41, 5.74) is 2.01. The lowest BCUT2D eigenvalue weighted by atomic mass is 10.1. The Morgan fingerprint density at radius 2 is 1.86 bits per heavy atom. The van der Waals surface area contributed by atoms with Crippen molar-refractivity contribution in [3.63, 3.8) is 0 Å². The summed E-state index contributed by atoms with van der Waals surface area (Å²) < 4.78 is 5.38. The second kappa shape index (κ2) is 7.73. The van der Waals surface area contributed by atoms with Crippen molar-refractivity contribution in [2.45, 2.75) is 13.5 Å². The molecule has 9 heteroatoms. The van der Waals surface area contributed by atoms with Crippen LogP contribution in [0, 0.1) is 6.92 Å². The molecular formula is C19H20N6O3. The molecular weight excluding hydrogens is 360 g/mol. The van der Waals surface area contributed by atoms with Gasteiger partial charge in [0.2, 0.25) is 11.7 Å².